The van der Waals surface area contributed by atoms with Crippen LogP contribution in [-0.4, -0.2) is 32.6 Å². The standard InChI is InChI=1S/C24H19N3O4S/c1-14-8-9-19(11-15(14)2)27-22(29)20(21(28)25-24(27)32)13-18-7-4-10-26(18)17-6-3-5-16(12-17)23(30)31/h3-13H,1-2H3,(H,30,31)(H,25,28,32). The maximum absolute atomic E-state index is 13.3. The maximum atomic E-state index is 13.3. The fourth-order valence-electron chi connectivity index (χ4n) is 3.44. The molecule has 8 heteroatoms. The lowest BCUT2D eigenvalue weighted by Crippen LogP contribution is -2.54. The van der Waals surface area contributed by atoms with Gasteiger partial charge in [-0.25, -0.2) is 4.79 Å². The number of hydrogen-bond donors (Lipinski definition) is 2. The van der Waals surface area contributed by atoms with E-state index in [0.29, 0.717) is 17.1 Å². The zero-order chi connectivity index (χ0) is 23.0. The van der Waals surface area contributed by atoms with Gasteiger partial charge in [-0.2, -0.15) is 0 Å². The molecule has 1 aromatic heterocycles. The molecule has 1 fully saturated rings. The van der Waals surface area contributed by atoms with Crippen LogP contribution in [0.15, 0.2) is 66.4 Å². The largest absolute Gasteiger partial charge is 0.478 e. The van der Waals surface area contributed by atoms with Crippen molar-refractivity contribution < 1.29 is 19.5 Å². The summed E-state index contributed by atoms with van der Waals surface area (Å²) < 4.78 is 1.70. The molecule has 2 N–H and O–H groups in total. The van der Waals surface area contributed by atoms with E-state index in [-0.39, 0.29) is 16.2 Å². The normalized spacial score (nSPS) is 15.2. The zero-order valence-corrected chi connectivity index (χ0v) is 18.1. The molecule has 0 spiro atoms. The minimum Gasteiger partial charge on any atom is -0.478 e. The number of carboxylic acids is 1. The number of carbonyl (C=O) groups excluding carboxylic acids is 2. The Kier molecular flexibility index (Phi) is 5.46. The molecule has 160 valence electrons. The van der Waals surface area contributed by atoms with Gasteiger partial charge in [0.05, 0.1) is 11.3 Å². The van der Waals surface area contributed by atoms with E-state index in [1.807, 2.05) is 26.0 Å². The smallest absolute Gasteiger partial charge is 0.335 e. The molecule has 0 bridgehead atoms. The lowest BCUT2D eigenvalue weighted by Gasteiger charge is -2.29. The molecule has 2 amide bonds. The summed E-state index contributed by atoms with van der Waals surface area (Å²) in [6, 6.07) is 15.4. The summed E-state index contributed by atoms with van der Waals surface area (Å²) in [5.41, 5.74) is 3.82. The summed E-state index contributed by atoms with van der Waals surface area (Å²) in [6.07, 6.45) is 3.20. The van der Waals surface area contributed by atoms with Crippen molar-refractivity contribution in [3.05, 3.63) is 88.8 Å². The molecule has 1 aliphatic heterocycles. The molecule has 2 heterocycles. The van der Waals surface area contributed by atoms with E-state index in [2.05, 4.69) is 5.32 Å². The van der Waals surface area contributed by atoms with E-state index in [9.17, 15) is 19.5 Å². The fraction of sp³-hybridized carbons (Fsp3) is 0.0833. The number of aromatic nitrogens is 1. The fourth-order valence-corrected chi connectivity index (χ4v) is 3.72. The second-order valence-corrected chi connectivity index (χ2v) is 7.77. The molecule has 0 saturated carbocycles. The van der Waals surface area contributed by atoms with E-state index in [1.54, 1.807) is 41.1 Å². The van der Waals surface area contributed by atoms with Crippen molar-refractivity contribution in [2.75, 3.05) is 4.90 Å². The van der Waals surface area contributed by atoms with Crippen LogP contribution in [-0.2, 0) is 9.59 Å². The first-order chi connectivity index (χ1) is 15.3. The van der Waals surface area contributed by atoms with Gasteiger partial charge in [-0.3, -0.25) is 19.8 Å². The third kappa shape index (κ3) is 3.83. The topological polar surface area (TPSA) is 91.6 Å². The minimum atomic E-state index is -1.04. The van der Waals surface area contributed by atoms with Crippen LogP contribution >= 0.6 is 12.2 Å². The molecule has 1 aliphatic rings. The van der Waals surface area contributed by atoms with Crippen molar-refractivity contribution >= 4 is 46.9 Å². The van der Waals surface area contributed by atoms with Gasteiger partial charge in [0.25, 0.3) is 11.8 Å². The van der Waals surface area contributed by atoms with Crippen LogP contribution in [0.4, 0.5) is 5.69 Å². The Morgan fingerprint density at radius 3 is 2.50 bits per heavy atom. The summed E-state index contributed by atoms with van der Waals surface area (Å²) >= 11 is 5.27. The maximum Gasteiger partial charge on any atom is 0.335 e. The number of carboxylic acid groups (broad SMARTS) is 1. The first-order valence-electron chi connectivity index (χ1n) is 9.76. The Morgan fingerprint density at radius 1 is 1.00 bits per heavy atom. The lowest BCUT2D eigenvalue weighted by atomic mass is 10.1. The molecule has 7 nitrogen and oxygen atoms in total. The second-order valence-electron chi connectivity index (χ2n) is 7.38. The first kappa shape index (κ1) is 21.2. The molecule has 0 unspecified atom stereocenters. The molecule has 3 aromatic rings. The summed E-state index contributed by atoms with van der Waals surface area (Å²) in [5, 5.41) is 11.9. The van der Waals surface area contributed by atoms with Crippen LogP contribution in [0.2, 0.25) is 0 Å². The molecule has 1 saturated heterocycles. The Bertz CT molecular complexity index is 1320. The van der Waals surface area contributed by atoms with Crippen LogP contribution in [0.3, 0.4) is 0 Å². The molecule has 0 atom stereocenters. The summed E-state index contributed by atoms with van der Waals surface area (Å²) in [4.78, 5) is 38.5. The summed E-state index contributed by atoms with van der Waals surface area (Å²) in [6.45, 7) is 3.90. The lowest BCUT2D eigenvalue weighted by molar-refractivity contribution is -0.122. The average molecular weight is 446 g/mol. The Hall–Kier alpha value is -4.04. The molecular weight excluding hydrogens is 426 g/mol. The second kappa shape index (κ2) is 8.24. The van der Waals surface area contributed by atoms with Gasteiger partial charge in [0.2, 0.25) is 0 Å². The van der Waals surface area contributed by atoms with Crippen molar-refractivity contribution in [1.29, 1.82) is 0 Å². The molecule has 2 aromatic carbocycles. The molecule has 0 radical (unpaired) electrons. The number of rotatable bonds is 4. The molecule has 32 heavy (non-hydrogen) atoms. The number of nitrogens with zero attached hydrogens (tertiary/aromatic N) is 2. The van der Waals surface area contributed by atoms with Gasteiger partial charge >= 0.3 is 5.97 Å². The van der Waals surface area contributed by atoms with Crippen molar-refractivity contribution in [2.45, 2.75) is 13.8 Å². The van der Waals surface area contributed by atoms with Gasteiger partial charge in [-0.1, -0.05) is 12.1 Å². The number of benzene rings is 2. The van der Waals surface area contributed by atoms with Crippen LogP contribution in [0, 0.1) is 13.8 Å². The van der Waals surface area contributed by atoms with Crippen molar-refractivity contribution in [2.24, 2.45) is 0 Å². The van der Waals surface area contributed by atoms with Gasteiger partial charge in [0.1, 0.15) is 5.57 Å². The highest BCUT2D eigenvalue weighted by molar-refractivity contribution is 7.80. The number of carbonyl (C=O) groups is 3. The van der Waals surface area contributed by atoms with E-state index < -0.39 is 17.8 Å². The Morgan fingerprint density at radius 2 is 1.78 bits per heavy atom. The summed E-state index contributed by atoms with van der Waals surface area (Å²) in [7, 11) is 0. The summed E-state index contributed by atoms with van der Waals surface area (Å²) in [5.74, 6) is -2.17. The third-order valence-corrected chi connectivity index (χ3v) is 5.58. The zero-order valence-electron chi connectivity index (χ0n) is 17.3. The number of thiocarbonyl (C=S) groups is 1. The van der Waals surface area contributed by atoms with Crippen LogP contribution in [0.5, 0.6) is 0 Å². The van der Waals surface area contributed by atoms with E-state index in [1.165, 1.54) is 23.1 Å². The van der Waals surface area contributed by atoms with Gasteiger partial charge in [-0.05, 0) is 85.7 Å². The molecule has 4 rings (SSSR count). The highest BCUT2D eigenvalue weighted by atomic mass is 32.1. The van der Waals surface area contributed by atoms with Gasteiger partial charge in [-0.15, -0.1) is 0 Å². The first-order valence-corrected chi connectivity index (χ1v) is 10.2. The number of amides is 2. The number of aromatic carboxylic acids is 1. The monoisotopic (exact) mass is 445 g/mol. The average Bonchev–Trinajstić information content (AvgIpc) is 3.22. The van der Waals surface area contributed by atoms with Gasteiger partial charge < -0.3 is 9.67 Å². The van der Waals surface area contributed by atoms with E-state index >= 15 is 0 Å². The highest BCUT2D eigenvalue weighted by Crippen LogP contribution is 2.25. The van der Waals surface area contributed by atoms with Gasteiger partial charge in [0.15, 0.2) is 5.11 Å². The predicted octanol–water partition coefficient (Wildman–Crippen LogP) is 3.62. The quantitative estimate of drug-likeness (QED) is 0.364. The predicted molar refractivity (Wildman–Crippen MR) is 125 cm³/mol. The van der Waals surface area contributed by atoms with Crippen molar-refractivity contribution in [1.82, 2.24) is 9.88 Å². The Labute approximate surface area is 189 Å². The minimum absolute atomic E-state index is 0.0185. The highest BCUT2D eigenvalue weighted by Gasteiger charge is 2.34. The number of anilines is 1. The SMILES string of the molecule is Cc1ccc(N2C(=O)C(=Cc3cccn3-c3cccc(C(=O)O)c3)C(=O)NC2=S)cc1C. The number of hydrogen-bond acceptors (Lipinski definition) is 4. The molecular formula is C24H19N3O4S. The van der Waals surface area contributed by atoms with Crippen LogP contribution < -0.4 is 10.2 Å². The Balaban J connectivity index is 1.75. The van der Waals surface area contributed by atoms with E-state index in [0.717, 1.165) is 11.1 Å². The van der Waals surface area contributed by atoms with E-state index in [4.69, 9.17) is 12.2 Å². The van der Waals surface area contributed by atoms with Crippen molar-refractivity contribution in [3.8, 4) is 5.69 Å². The third-order valence-electron chi connectivity index (χ3n) is 5.29. The molecule has 0 aliphatic carbocycles. The van der Waals surface area contributed by atoms with Crippen LogP contribution in [0.1, 0.15) is 27.2 Å². The van der Waals surface area contributed by atoms with Crippen molar-refractivity contribution in [3.63, 3.8) is 0 Å². The van der Waals surface area contributed by atoms with Crippen LogP contribution in [0.25, 0.3) is 11.8 Å². The number of aryl methyl sites for hydroxylation is 2. The van der Waals surface area contributed by atoms with Gasteiger partial charge in [0, 0.05) is 17.6 Å². The number of nitrogens with one attached hydrogen (secondary N) is 1.